The third-order valence-corrected chi connectivity index (χ3v) is 7.37. The van der Waals surface area contributed by atoms with Crippen molar-refractivity contribution >= 4 is 22.5 Å². The highest BCUT2D eigenvalue weighted by atomic mass is 32.2. The van der Waals surface area contributed by atoms with Crippen LogP contribution in [0.4, 0.5) is 0 Å². The number of fused-ring (bicyclic) bond motifs is 4. The van der Waals surface area contributed by atoms with Crippen molar-refractivity contribution in [2.75, 3.05) is 14.2 Å². The van der Waals surface area contributed by atoms with Gasteiger partial charge in [-0.15, -0.1) is 11.8 Å². The Labute approximate surface area is 191 Å². The van der Waals surface area contributed by atoms with Gasteiger partial charge in [0.15, 0.2) is 0 Å². The largest absolute Gasteiger partial charge is 0.507 e. The zero-order valence-corrected chi connectivity index (χ0v) is 19.0. The number of phenolic OH excluding ortho intramolecular Hbond substituents is 2. The van der Waals surface area contributed by atoms with Gasteiger partial charge in [-0.2, -0.15) is 0 Å². The van der Waals surface area contributed by atoms with Gasteiger partial charge in [0.2, 0.25) is 0 Å². The van der Waals surface area contributed by atoms with Crippen molar-refractivity contribution in [3.8, 4) is 34.1 Å². The fourth-order valence-electron chi connectivity index (χ4n) is 4.66. The molecule has 32 heavy (non-hydrogen) atoms. The minimum absolute atomic E-state index is 0.137. The number of aromatic hydroxyl groups is 2. The summed E-state index contributed by atoms with van der Waals surface area (Å²) in [7, 11) is 3.21. The third kappa shape index (κ3) is 3.07. The molecule has 4 aromatic carbocycles. The Balaban J connectivity index is 1.79. The summed E-state index contributed by atoms with van der Waals surface area (Å²) in [6.45, 7) is 2.03. The first kappa shape index (κ1) is 20.6. The monoisotopic (exact) mass is 444 g/mol. The summed E-state index contributed by atoms with van der Waals surface area (Å²) in [5, 5.41) is 23.9. The molecule has 4 nitrogen and oxygen atoms in total. The number of hydrogen-bond donors (Lipinski definition) is 2. The van der Waals surface area contributed by atoms with Crippen LogP contribution in [-0.2, 0) is 5.75 Å². The molecule has 5 rings (SSSR count). The molecule has 0 radical (unpaired) electrons. The highest BCUT2D eigenvalue weighted by molar-refractivity contribution is 7.99. The van der Waals surface area contributed by atoms with E-state index in [-0.39, 0.29) is 16.7 Å². The Morgan fingerprint density at radius 1 is 0.844 bits per heavy atom. The van der Waals surface area contributed by atoms with E-state index in [0.29, 0.717) is 33.4 Å². The van der Waals surface area contributed by atoms with Gasteiger partial charge >= 0.3 is 0 Å². The first-order valence-corrected chi connectivity index (χ1v) is 11.5. The smallest absolute Gasteiger partial charge is 0.132 e. The van der Waals surface area contributed by atoms with Crippen LogP contribution in [0.2, 0.25) is 0 Å². The Morgan fingerprint density at radius 2 is 1.59 bits per heavy atom. The molecular weight excluding hydrogens is 420 g/mol. The molecule has 162 valence electrons. The van der Waals surface area contributed by atoms with Gasteiger partial charge in [-0.3, -0.25) is 0 Å². The second-order valence-corrected chi connectivity index (χ2v) is 9.07. The molecule has 5 heteroatoms. The average molecular weight is 445 g/mol. The fraction of sp³-hybridized carbons (Fsp3) is 0.185. The van der Waals surface area contributed by atoms with E-state index in [1.54, 1.807) is 38.1 Å². The Bertz CT molecular complexity index is 1330. The number of hydrogen-bond acceptors (Lipinski definition) is 5. The summed E-state index contributed by atoms with van der Waals surface area (Å²) in [6, 6.07) is 19.8. The lowest BCUT2D eigenvalue weighted by Crippen LogP contribution is -1.96. The topological polar surface area (TPSA) is 58.9 Å². The Morgan fingerprint density at radius 3 is 2.31 bits per heavy atom. The second-order valence-electron chi connectivity index (χ2n) is 7.98. The van der Waals surface area contributed by atoms with Crippen molar-refractivity contribution in [3.63, 3.8) is 0 Å². The van der Waals surface area contributed by atoms with Crippen LogP contribution >= 0.6 is 11.8 Å². The number of methoxy groups -OCH3 is 2. The van der Waals surface area contributed by atoms with Crippen molar-refractivity contribution in [1.29, 1.82) is 0 Å². The minimum Gasteiger partial charge on any atom is -0.507 e. The van der Waals surface area contributed by atoms with Crippen LogP contribution in [0.3, 0.4) is 0 Å². The number of ether oxygens (including phenoxy) is 2. The van der Waals surface area contributed by atoms with Gasteiger partial charge in [-0.1, -0.05) is 48.5 Å². The van der Waals surface area contributed by atoms with E-state index in [4.69, 9.17) is 9.47 Å². The van der Waals surface area contributed by atoms with Gasteiger partial charge in [-0.05, 0) is 35.7 Å². The Hall–Kier alpha value is -3.31. The fourth-order valence-corrected chi connectivity index (χ4v) is 5.98. The lowest BCUT2D eigenvalue weighted by Gasteiger charge is -2.18. The molecular formula is C27H24O4S. The molecule has 0 saturated carbocycles. The van der Waals surface area contributed by atoms with Gasteiger partial charge < -0.3 is 19.7 Å². The maximum Gasteiger partial charge on any atom is 0.132 e. The lowest BCUT2D eigenvalue weighted by molar-refractivity contribution is 0.414. The summed E-state index contributed by atoms with van der Waals surface area (Å²) >= 11 is 1.73. The van der Waals surface area contributed by atoms with E-state index < -0.39 is 0 Å². The van der Waals surface area contributed by atoms with Crippen LogP contribution in [0.5, 0.6) is 23.0 Å². The quantitative estimate of drug-likeness (QED) is 0.341. The summed E-state index contributed by atoms with van der Waals surface area (Å²) in [5.74, 6) is 2.28. The average Bonchev–Trinajstić information content (AvgIpc) is 3.15. The van der Waals surface area contributed by atoms with E-state index in [2.05, 4.69) is 18.2 Å². The molecule has 0 heterocycles. The first-order valence-electron chi connectivity index (χ1n) is 10.4. The molecule has 2 N–H and O–H groups in total. The molecule has 0 aromatic heterocycles. The molecule has 0 bridgehead atoms. The predicted octanol–water partition coefficient (Wildman–Crippen LogP) is 6.58. The summed E-state index contributed by atoms with van der Waals surface area (Å²) in [5.41, 5.74) is 5.50. The SMILES string of the molecule is COc1cc(C)cc2c1-c1c(c(O)c3c(OC)cccc3c1O)[C@@H]2SCc1ccccc1. The predicted molar refractivity (Wildman–Crippen MR) is 130 cm³/mol. The van der Waals surface area contributed by atoms with E-state index in [0.717, 1.165) is 22.4 Å². The number of aryl methyl sites for hydroxylation is 1. The van der Waals surface area contributed by atoms with Gasteiger partial charge in [0.05, 0.1) is 24.9 Å². The van der Waals surface area contributed by atoms with Gasteiger partial charge in [0.25, 0.3) is 0 Å². The zero-order valence-electron chi connectivity index (χ0n) is 18.2. The molecule has 0 fully saturated rings. The van der Waals surface area contributed by atoms with Crippen LogP contribution in [0.15, 0.2) is 60.7 Å². The zero-order chi connectivity index (χ0) is 22.4. The molecule has 0 spiro atoms. The molecule has 0 amide bonds. The molecule has 0 aliphatic heterocycles. The molecule has 1 aliphatic rings. The Kier molecular flexibility index (Phi) is 5.14. The second kappa shape index (κ2) is 7.99. The van der Waals surface area contributed by atoms with Crippen molar-refractivity contribution in [2.45, 2.75) is 17.9 Å². The van der Waals surface area contributed by atoms with E-state index in [1.165, 1.54) is 5.56 Å². The number of thioether (sulfide) groups is 1. The molecule has 0 unspecified atom stereocenters. The van der Waals surface area contributed by atoms with E-state index in [1.807, 2.05) is 37.3 Å². The minimum atomic E-state index is -0.158. The van der Waals surface area contributed by atoms with Crippen LogP contribution < -0.4 is 9.47 Å². The summed E-state index contributed by atoms with van der Waals surface area (Å²) < 4.78 is 11.3. The number of benzene rings is 4. The van der Waals surface area contributed by atoms with Gasteiger partial charge in [0, 0.05) is 27.8 Å². The van der Waals surface area contributed by atoms with Crippen molar-refractivity contribution < 1.29 is 19.7 Å². The summed E-state index contributed by atoms with van der Waals surface area (Å²) in [4.78, 5) is 0. The van der Waals surface area contributed by atoms with Crippen LogP contribution in [0.1, 0.15) is 27.5 Å². The summed E-state index contributed by atoms with van der Waals surface area (Å²) in [6.07, 6.45) is 0. The van der Waals surface area contributed by atoms with Crippen LogP contribution in [-0.4, -0.2) is 24.4 Å². The molecule has 1 atom stereocenters. The van der Waals surface area contributed by atoms with Crippen molar-refractivity contribution in [3.05, 3.63) is 82.9 Å². The standard InChI is InChI=1S/C27H24O4S/c1-15-12-18-21(20(13-15)31-3)23-24(27(18)32-14-16-8-5-4-6-9-16)26(29)22-17(25(23)28)10-7-11-19(22)30-2/h4-13,27-29H,14H2,1-3H3/t27-/m1/s1. The van der Waals surface area contributed by atoms with Gasteiger partial charge in [0.1, 0.15) is 23.0 Å². The third-order valence-electron chi connectivity index (χ3n) is 6.05. The van der Waals surface area contributed by atoms with Crippen molar-refractivity contribution in [2.24, 2.45) is 0 Å². The first-order chi connectivity index (χ1) is 15.5. The number of phenols is 2. The highest BCUT2D eigenvalue weighted by Crippen LogP contribution is 2.62. The van der Waals surface area contributed by atoms with Crippen LogP contribution in [0.25, 0.3) is 21.9 Å². The molecule has 0 saturated heterocycles. The lowest BCUT2D eigenvalue weighted by atomic mass is 9.96. The highest BCUT2D eigenvalue weighted by Gasteiger charge is 2.38. The van der Waals surface area contributed by atoms with E-state index >= 15 is 0 Å². The normalized spacial score (nSPS) is 14.3. The van der Waals surface area contributed by atoms with E-state index in [9.17, 15) is 10.2 Å². The maximum atomic E-state index is 11.5. The van der Waals surface area contributed by atoms with Gasteiger partial charge in [-0.25, -0.2) is 0 Å². The number of rotatable bonds is 5. The van der Waals surface area contributed by atoms with Crippen LogP contribution in [0, 0.1) is 6.92 Å². The molecule has 1 aliphatic carbocycles. The molecule has 4 aromatic rings. The van der Waals surface area contributed by atoms with Crippen molar-refractivity contribution in [1.82, 2.24) is 0 Å². The maximum absolute atomic E-state index is 11.5.